The molecule has 0 heterocycles. The van der Waals surface area contributed by atoms with Crippen LogP contribution in [0, 0.1) is 12.3 Å². The van der Waals surface area contributed by atoms with E-state index in [0.29, 0.717) is 19.0 Å². The number of aliphatic imine (C=N–C) groups is 1. The SMILES string of the molecule is C#CCN=C(NCC)N(C)CC(=O)N(CC)CC. The molecule has 1 amide bonds. The van der Waals surface area contributed by atoms with Gasteiger partial charge in [-0.1, -0.05) is 5.92 Å². The van der Waals surface area contributed by atoms with E-state index >= 15 is 0 Å². The van der Waals surface area contributed by atoms with Crippen molar-refractivity contribution >= 4 is 11.9 Å². The first-order chi connectivity index (χ1) is 8.60. The van der Waals surface area contributed by atoms with Crippen LogP contribution in [0.25, 0.3) is 0 Å². The van der Waals surface area contributed by atoms with Gasteiger partial charge >= 0.3 is 0 Å². The summed E-state index contributed by atoms with van der Waals surface area (Å²) in [4.78, 5) is 19.8. The zero-order valence-electron chi connectivity index (χ0n) is 11.9. The van der Waals surface area contributed by atoms with Crippen molar-refractivity contribution in [2.75, 3.05) is 39.8 Å². The number of rotatable bonds is 6. The number of carbonyl (C=O) groups is 1. The fourth-order valence-electron chi connectivity index (χ4n) is 1.54. The van der Waals surface area contributed by atoms with Gasteiger partial charge in [0.05, 0.1) is 6.54 Å². The molecule has 0 aliphatic carbocycles. The van der Waals surface area contributed by atoms with E-state index < -0.39 is 0 Å². The second-order valence-corrected chi connectivity index (χ2v) is 3.80. The zero-order valence-corrected chi connectivity index (χ0v) is 11.9. The predicted molar refractivity (Wildman–Crippen MR) is 75.4 cm³/mol. The van der Waals surface area contributed by atoms with Crippen LogP contribution in [0.2, 0.25) is 0 Å². The molecule has 5 heteroatoms. The van der Waals surface area contributed by atoms with E-state index in [4.69, 9.17) is 6.42 Å². The molecule has 0 radical (unpaired) electrons. The normalized spacial score (nSPS) is 10.7. The van der Waals surface area contributed by atoms with Crippen LogP contribution < -0.4 is 5.32 Å². The maximum Gasteiger partial charge on any atom is 0.242 e. The minimum Gasteiger partial charge on any atom is -0.356 e. The molecule has 5 nitrogen and oxygen atoms in total. The number of hydrogen-bond acceptors (Lipinski definition) is 2. The first kappa shape index (κ1) is 16.3. The van der Waals surface area contributed by atoms with Crippen LogP contribution in [-0.2, 0) is 4.79 Å². The lowest BCUT2D eigenvalue weighted by Crippen LogP contribution is -2.45. The van der Waals surface area contributed by atoms with Gasteiger partial charge in [-0.25, -0.2) is 4.99 Å². The van der Waals surface area contributed by atoms with Gasteiger partial charge in [-0.2, -0.15) is 0 Å². The average molecular weight is 252 g/mol. The van der Waals surface area contributed by atoms with Gasteiger partial charge in [-0.3, -0.25) is 4.79 Å². The maximum atomic E-state index is 12.0. The lowest BCUT2D eigenvalue weighted by atomic mass is 10.4. The number of nitrogens with zero attached hydrogens (tertiary/aromatic N) is 3. The summed E-state index contributed by atoms with van der Waals surface area (Å²) in [7, 11) is 1.83. The molecule has 102 valence electrons. The van der Waals surface area contributed by atoms with Gasteiger partial charge in [0.2, 0.25) is 5.91 Å². The van der Waals surface area contributed by atoms with Gasteiger partial charge in [0.25, 0.3) is 0 Å². The number of likely N-dealkylation sites (N-methyl/N-ethyl adjacent to an activating group) is 2. The van der Waals surface area contributed by atoms with Gasteiger partial charge in [0.1, 0.15) is 6.54 Å². The standard InChI is InChI=1S/C13H24N4O/c1-6-10-15-13(14-7-2)16(5)11-12(18)17(8-3)9-4/h1H,7-11H2,2-5H3,(H,14,15). The highest BCUT2D eigenvalue weighted by Gasteiger charge is 2.14. The van der Waals surface area contributed by atoms with Crippen molar-refractivity contribution in [2.24, 2.45) is 4.99 Å². The van der Waals surface area contributed by atoms with Gasteiger partial charge in [0.15, 0.2) is 5.96 Å². The van der Waals surface area contributed by atoms with E-state index in [-0.39, 0.29) is 5.91 Å². The molecule has 0 unspecified atom stereocenters. The molecule has 0 aromatic rings. The fourth-order valence-corrected chi connectivity index (χ4v) is 1.54. The van der Waals surface area contributed by atoms with Crippen LogP contribution in [0.3, 0.4) is 0 Å². The summed E-state index contributed by atoms with van der Waals surface area (Å²) < 4.78 is 0. The second kappa shape index (κ2) is 9.34. The van der Waals surface area contributed by atoms with Gasteiger partial charge in [-0.05, 0) is 20.8 Å². The molecule has 0 rings (SSSR count). The third-order valence-electron chi connectivity index (χ3n) is 2.51. The average Bonchev–Trinajstić information content (AvgIpc) is 2.35. The third-order valence-corrected chi connectivity index (χ3v) is 2.51. The summed E-state index contributed by atoms with van der Waals surface area (Å²) in [6, 6.07) is 0. The van der Waals surface area contributed by atoms with Crippen molar-refractivity contribution in [3.05, 3.63) is 0 Å². The molecule has 0 saturated carbocycles. The Bertz CT molecular complexity index is 315. The lowest BCUT2D eigenvalue weighted by Gasteiger charge is -2.25. The van der Waals surface area contributed by atoms with Crippen LogP contribution in [0.1, 0.15) is 20.8 Å². The molecule has 0 fully saturated rings. The van der Waals surface area contributed by atoms with E-state index in [1.165, 1.54) is 0 Å². The lowest BCUT2D eigenvalue weighted by molar-refractivity contribution is -0.131. The first-order valence-electron chi connectivity index (χ1n) is 6.31. The monoisotopic (exact) mass is 252 g/mol. The third kappa shape index (κ3) is 5.58. The molecule has 0 saturated heterocycles. The highest BCUT2D eigenvalue weighted by Crippen LogP contribution is 1.93. The molecular weight excluding hydrogens is 228 g/mol. The van der Waals surface area contributed by atoms with E-state index in [9.17, 15) is 4.79 Å². The highest BCUT2D eigenvalue weighted by molar-refractivity contribution is 5.86. The Morgan fingerprint density at radius 3 is 2.39 bits per heavy atom. The van der Waals surface area contributed by atoms with Gasteiger partial charge in [-0.15, -0.1) is 6.42 Å². The molecule has 0 aliphatic rings. The summed E-state index contributed by atoms with van der Waals surface area (Å²) in [5, 5.41) is 3.11. The minimum absolute atomic E-state index is 0.0915. The minimum atomic E-state index is 0.0915. The van der Waals surface area contributed by atoms with Crippen molar-refractivity contribution in [3.63, 3.8) is 0 Å². The van der Waals surface area contributed by atoms with E-state index in [1.54, 1.807) is 9.80 Å². The molecule has 1 N–H and O–H groups in total. The molecule has 0 aromatic heterocycles. The fraction of sp³-hybridized carbons (Fsp3) is 0.692. The number of guanidine groups is 1. The van der Waals surface area contributed by atoms with Crippen molar-refractivity contribution in [1.29, 1.82) is 0 Å². The Hall–Kier alpha value is -1.70. The molecule has 18 heavy (non-hydrogen) atoms. The number of carbonyl (C=O) groups excluding carboxylic acids is 1. The largest absolute Gasteiger partial charge is 0.356 e. The van der Waals surface area contributed by atoms with Crippen molar-refractivity contribution in [2.45, 2.75) is 20.8 Å². The number of amides is 1. The molecule has 0 bridgehead atoms. The molecule has 0 spiro atoms. The summed E-state index contributed by atoms with van der Waals surface area (Å²) in [5.74, 6) is 3.21. The Labute approximate surface area is 110 Å². The second-order valence-electron chi connectivity index (χ2n) is 3.80. The highest BCUT2D eigenvalue weighted by atomic mass is 16.2. The van der Waals surface area contributed by atoms with Crippen molar-refractivity contribution < 1.29 is 4.79 Å². The van der Waals surface area contributed by atoms with E-state index in [1.807, 2.05) is 27.8 Å². The number of hydrogen-bond donors (Lipinski definition) is 1. The quantitative estimate of drug-likeness (QED) is 0.422. The number of terminal acetylenes is 1. The van der Waals surface area contributed by atoms with Crippen LogP contribution in [0.5, 0.6) is 0 Å². The summed E-state index contributed by atoms with van der Waals surface area (Å²) in [6.45, 7) is 8.73. The number of nitrogens with one attached hydrogen (secondary N) is 1. The Kier molecular flexibility index (Phi) is 8.46. The topological polar surface area (TPSA) is 47.9 Å². The van der Waals surface area contributed by atoms with E-state index in [0.717, 1.165) is 19.6 Å². The molecule has 0 aliphatic heterocycles. The Morgan fingerprint density at radius 2 is 1.94 bits per heavy atom. The first-order valence-corrected chi connectivity index (χ1v) is 6.31. The molecule has 0 atom stereocenters. The molecular formula is C13H24N4O. The summed E-state index contributed by atoms with van der Waals surface area (Å²) >= 11 is 0. The van der Waals surface area contributed by atoms with Crippen LogP contribution in [0.4, 0.5) is 0 Å². The maximum absolute atomic E-state index is 12.0. The zero-order chi connectivity index (χ0) is 14.0. The Balaban J connectivity index is 4.55. The van der Waals surface area contributed by atoms with Crippen LogP contribution in [0.15, 0.2) is 4.99 Å². The smallest absolute Gasteiger partial charge is 0.242 e. The predicted octanol–water partition coefficient (Wildman–Crippen LogP) is 0.385. The molecule has 0 aromatic carbocycles. The Morgan fingerprint density at radius 1 is 1.33 bits per heavy atom. The van der Waals surface area contributed by atoms with Crippen molar-refractivity contribution in [3.8, 4) is 12.3 Å². The summed E-state index contributed by atoms with van der Waals surface area (Å²) in [5.41, 5.74) is 0. The van der Waals surface area contributed by atoms with Crippen molar-refractivity contribution in [1.82, 2.24) is 15.1 Å². The summed E-state index contributed by atoms with van der Waals surface area (Å²) in [6.07, 6.45) is 5.19. The van der Waals surface area contributed by atoms with Gasteiger partial charge < -0.3 is 15.1 Å². The van der Waals surface area contributed by atoms with Crippen LogP contribution in [-0.4, -0.2) is 61.4 Å². The van der Waals surface area contributed by atoms with Gasteiger partial charge in [0, 0.05) is 26.7 Å². The van der Waals surface area contributed by atoms with E-state index in [2.05, 4.69) is 16.2 Å². The van der Waals surface area contributed by atoms with Crippen LogP contribution >= 0.6 is 0 Å².